The Labute approximate surface area is 105 Å². The van der Waals surface area contributed by atoms with Crippen molar-refractivity contribution in [3.63, 3.8) is 0 Å². The van der Waals surface area contributed by atoms with Gasteiger partial charge in [-0.15, -0.1) is 0 Å². The maximum Gasteiger partial charge on any atom is 0.101 e. The van der Waals surface area contributed by atoms with Crippen LogP contribution in [0.4, 0.5) is 0 Å². The molecule has 0 spiro atoms. The maximum absolute atomic E-state index is 8.82. The summed E-state index contributed by atoms with van der Waals surface area (Å²) in [5.41, 5.74) is 5.12. The molecule has 1 rings (SSSR count). The molecule has 2 atom stereocenters. The van der Waals surface area contributed by atoms with Gasteiger partial charge < -0.3 is 15.4 Å². The summed E-state index contributed by atoms with van der Waals surface area (Å²) < 4.78 is 5.47. The topological polar surface area (TPSA) is 62.3 Å². The van der Waals surface area contributed by atoms with Crippen LogP contribution in [0.15, 0.2) is 0 Å². The molecule has 2 unspecified atom stereocenters. The van der Waals surface area contributed by atoms with Gasteiger partial charge >= 0.3 is 0 Å². The zero-order chi connectivity index (χ0) is 12.7. The first-order valence-electron chi connectivity index (χ1n) is 6.50. The molecule has 0 radical (unpaired) electrons. The van der Waals surface area contributed by atoms with Gasteiger partial charge in [0.2, 0.25) is 0 Å². The van der Waals surface area contributed by atoms with E-state index in [1.165, 1.54) is 12.8 Å². The first-order chi connectivity index (χ1) is 8.03. The van der Waals surface area contributed by atoms with Gasteiger partial charge in [-0.05, 0) is 52.1 Å². The van der Waals surface area contributed by atoms with Crippen LogP contribution in [0.1, 0.15) is 32.6 Å². The summed E-state index contributed by atoms with van der Waals surface area (Å²) in [7, 11) is 2.13. The highest BCUT2D eigenvalue weighted by Gasteiger charge is 2.18. The van der Waals surface area contributed by atoms with Gasteiger partial charge in [0.15, 0.2) is 0 Å². The molecular formula is C13H25N3O. The van der Waals surface area contributed by atoms with Crippen molar-refractivity contribution in [1.82, 2.24) is 4.90 Å². The van der Waals surface area contributed by atoms with Gasteiger partial charge in [0, 0.05) is 13.2 Å². The van der Waals surface area contributed by atoms with Crippen LogP contribution in [0.5, 0.6) is 0 Å². The number of nitrogens with zero attached hydrogens (tertiary/aromatic N) is 2. The van der Waals surface area contributed by atoms with Crippen LogP contribution in [0.3, 0.4) is 0 Å². The molecule has 0 aromatic carbocycles. The van der Waals surface area contributed by atoms with Crippen molar-refractivity contribution in [3.05, 3.63) is 0 Å². The Kier molecular flexibility index (Phi) is 5.90. The van der Waals surface area contributed by atoms with Crippen molar-refractivity contribution < 1.29 is 4.74 Å². The molecule has 1 heterocycles. The molecule has 0 aromatic heterocycles. The summed E-state index contributed by atoms with van der Waals surface area (Å²) in [6.45, 7) is 5.71. The lowest BCUT2D eigenvalue weighted by molar-refractivity contribution is 0.0418. The number of ether oxygens (including phenoxy) is 1. The van der Waals surface area contributed by atoms with E-state index in [2.05, 4.69) is 18.0 Å². The number of hydrogen-bond acceptors (Lipinski definition) is 4. The van der Waals surface area contributed by atoms with Crippen molar-refractivity contribution in [2.75, 3.05) is 33.4 Å². The molecule has 0 bridgehead atoms. The molecule has 0 amide bonds. The van der Waals surface area contributed by atoms with Crippen molar-refractivity contribution in [1.29, 1.82) is 5.26 Å². The molecule has 98 valence electrons. The fourth-order valence-corrected chi connectivity index (χ4v) is 2.26. The zero-order valence-electron chi connectivity index (χ0n) is 11.1. The molecule has 0 saturated carbocycles. The van der Waals surface area contributed by atoms with E-state index in [-0.39, 0.29) is 0 Å². The highest BCUT2D eigenvalue weighted by atomic mass is 16.5. The van der Waals surface area contributed by atoms with Gasteiger partial charge in [-0.2, -0.15) is 5.26 Å². The SMILES string of the molecule is CN(CCCC(C)(N)C#N)CC1CCCOC1. The Hall–Kier alpha value is -0.630. The average Bonchev–Trinajstić information content (AvgIpc) is 2.30. The Morgan fingerprint density at radius 1 is 1.59 bits per heavy atom. The second-order valence-electron chi connectivity index (χ2n) is 5.48. The summed E-state index contributed by atoms with van der Waals surface area (Å²) in [6, 6.07) is 2.14. The zero-order valence-corrected chi connectivity index (χ0v) is 11.1. The molecule has 0 aliphatic carbocycles. The Morgan fingerprint density at radius 3 is 2.94 bits per heavy atom. The lowest BCUT2D eigenvalue weighted by atomic mass is 9.98. The fourth-order valence-electron chi connectivity index (χ4n) is 2.26. The van der Waals surface area contributed by atoms with E-state index >= 15 is 0 Å². The molecule has 17 heavy (non-hydrogen) atoms. The number of rotatable bonds is 6. The summed E-state index contributed by atoms with van der Waals surface area (Å²) in [6.07, 6.45) is 4.20. The standard InChI is InChI=1S/C13H25N3O/c1-13(15,11-14)6-4-7-16(2)9-12-5-3-8-17-10-12/h12H,3-10,15H2,1-2H3. The van der Waals surface area contributed by atoms with Crippen molar-refractivity contribution in [2.24, 2.45) is 11.7 Å². The third-order valence-electron chi connectivity index (χ3n) is 3.32. The van der Waals surface area contributed by atoms with Crippen LogP contribution in [0.2, 0.25) is 0 Å². The predicted octanol–water partition coefficient (Wildman–Crippen LogP) is 1.37. The van der Waals surface area contributed by atoms with Gasteiger partial charge in [0.1, 0.15) is 5.54 Å². The number of hydrogen-bond donors (Lipinski definition) is 1. The van der Waals surface area contributed by atoms with Crippen LogP contribution in [0.25, 0.3) is 0 Å². The van der Waals surface area contributed by atoms with E-state index < -0.39 is 5.54 Å². The quantitative estimate of drug-likeness (QED) is 0.760. The fraction of sp³-hybridized carbons (Fsp3) is 0.923. The molecule has 2 N–H and O–H groups in total. The number of nitrogens with two attached hydrogens (primary N) is 1. The van der Waals surface area contributed by atoms with Crippen LogP contribution < -0.4 is 5.73 Å². The third kappa shape index (κ3) is 6.02. The van der Waals surface area contributed by atoms with E-state index in [0.717, 1.165) is 39.1 Å². The Bertz CT molecular complexity index is 254. The van der Waals surface area contributed by atoms with Crippen molar-refractivity contribution >= 4 is 0 Å². The summed E-state index contributed by atoms with van der Waals surface area (Å²) >= 11 is 0. The third-order valence-corrected chi connectivity index (χ3v) is 3.32. The predicted molar refractivity (Wildman–Crippen MR) is 68.5 cm³/mol. The minimum absolute atomic E-state index is 0.672. The lowest BCUT2D eigenvalue weighted by Gasteiger charge is -2.27. The first kappa shape index (κ1) is 14.4. The smallest absolute Gasteiger partial charge is 0.101 e. The second-order valence-corrected chi connectivity index (χ2v) is 5.48. The van der Waals surface area contributed by atoms with Gasteiger partial charge in [0.05, 0.1) is 12.7 Å². The molecule has 0 aromatic rings. The van der Waals surface area contributed by atoms with Crippen molar-refractivity contribution in [3.8, 4) is 6.07 Å². The van der Waals surface area contributed by atoms with E-state index in [0.29, 0.717) is 5.92 Å². The minimum Gasteiger partial charge on any atom is -0.381 e. The monoisotopic (exact) mass is 239 g/mol. The molecule has 1 aliphatic rings. The minimum atomic E-state index is -0.672. The van der Waals surface area contributed by atoms with Gasteiger partial charge in [-0.3, -0.25) is 0 Å². The van der Waals surface area contributed by atoms with E-state index in [1.54, 1.807) is 6.92 Å². The highest BCUT2D eigenvalue weighted by Crippen LogP contribution is 2.15. The normalized spacial score (nSPS) is 24.3. The summed E-state index contributed by atoms with van der Waals surface area (Å²) in [5.74, 6) is 0.675. The van der Waals surface area contributed by atoms with Gasteiger partial charge in [-0.25, -0.2) is 0 Å². The average molecular weight is 239 g/mol. The van der Waals surface area contributed by atoms with Crippen LogP contribution in [-0.2, 0) is 4.74 Å². The first-order valence-corrected chi connectivity index (χ1v) is 6.50. The molecule has 4 nitrogen and oxygen atoms in total. The lowest BCUT2D eigenvalue weighted by Crippen LogP contribution is -2.36. The van der Waals surface area contributed by atoms with Crippen LogP contribution in [0, 0.1) is 17.2 Å². The highest BCUT2D eigenvalue weighted by molar-refractivity contribution is 5.00. The Morgan fingerprint density at radius 2 is 2.35 bits per heavy atom. The van der Waals surface area contributed by atoms with Crippen molar-refractivity contribution in [2.45, 2.75) is 38.1 Å². The van der Waals surface area contributed by atoms with E-state index in [4.69, 9.17) is 15.7 Å². The molecule has 1 saturated heterocycles. The van der Waals surface area contributed by atoms with Gasteiger partial charge in [-0.1, -0.05) is 0 Å². The van der Waals surface area contributed by atoms with E-state index in [9.17, 15) is 0 Å². The molecule has 1 aliphatic heterocycles. The Balaban J connectivity index is 2.12. The summed E-state index contributed by atoms with van der Waals surface area (Å²) in [4.78, 5) is 2.33. The van der Waals surface area contributed by atoms with Crippen LogP contribution >= 0.6 is 0 Å². The van der Waals surface area contributed by atoms with Crippen LogP contribution in [-0.4, -0.2) is 43.8 Å². The summed E-state index contributed by atoms with van der Waals surface area (Å²) in [5, 5.41) is 8.82. The second kappa shape index (κ2) is 6.95. The molecular weight excluding hydrogens is 214 g/mol. The largest absolute Gasteiger partial charge is 0.381 e. The van der Waals surface area contributed by atoms with Gasteiger partial charge in [0.25, 0.3) is 0 Å². The molecule has 4 heteroatoms. The van der Waals surface area contributed by atoms with E-state index in [1.807, 2.05) is 0 Å². The maximum atomic E-state index is 8.82. The number of nitriles is 1. The molecule has 1 fully saturated rings.